The monoisotopic (exact) mass is 303 g/mol. The molecule has 0 N–H and O–H groups in total. The average Bonchev–Trinajstić information content (AvgIpc) is 2.83. The summed E-state index contributed by atoms with van der Waals surface area (Å²) in [6, 6.07) is 6.06. The Kier molecular flexibility index (Phi) is 5.24. The van der Waals surface area contributed by atoms with Crippen LogP contribution in [-0.2, 0) is 11.3 Å². The van der Waals surface area contributed by atoms with E-state index in [1.165, 1.54) is 5.56 Å². The Balaban J connectivity index is 2.71. The van der Waals surface area contributed by atoms with Gasteiger partial charge in [-0.15, -0.1) is 0 Å². The van der Waals surface area contributed by atoms with Gasteiger partial charge in [0.1, 0.15) is 5.75 Å². The van der Waals surface area contributed by atoms with E-state index in [0.717, 1.165) is 22.3 Å². The molecule has 0 aliphatic rings. The zero-order valence-corrected chi connectivity index (χ0v) is 14.1. The average molecular weight is 303 g/mol. The number of hydrogen-bond acceptors (Lipinski definition) is 3. The van der Waals surface area contributed by atoms with Crippen molar-refractivity contribution >= 4 is 16.7 Å². The van der Waals surface area contributed by atoms with Crippen molar-refractivity contribution in [3.8, 4) is 5.75 Å². The summed E-state index contributed by atoms with van der Waals surface area (Å²) in [6.07, 6.45) is 0. The summed E-state index contributed by atoms with van der Waals surface area (Å²) in [5, 5.41) is 1.05. The highest BCUT2D eigenvalue weighted by Gasteiger charge is 2.18. The third-order valence-electron chi connectivity index (χ3n) is 3.81. The van der Waals surface area contributed by atoms with Gasteiger partial charge >= 0.3 is 0 Å². The lowest BCUT2D eigenvalue weighted by Gasteiger charge is -2.15. The molecule has 1 heterocycles. The highest BCUT2D eigenvalue weighted by atomic mass is 16.5. The van der Waals surface area contributed by atoms with Gasteiger partial charge in [0, 0.05) is 26.0 Å². The molecule has 0 spiro atoms. The lowest BCUT2D eigenvalue weighted by atomic mass is 10.00. The van der Waals surface area contributed by atoms with Crippen molar-refractivity contribution in [2.24, 2.45) is 0 Å². The fourth-order valence-electron chi connectivity index (χ4n) is 2.82. The van der Waals surface area contributed by atoms with Crippen molar-refractivity contribution in [3.05, 3.63) is 29.5 Å². The number of methoxy groups -OCH3 is 1. The summed E-state index contributed by atoms with van der Waals surface area (Å²) in [7, 11) is 1.68. The Bertz CT molecular complexity index is 671. The lowest BCUT2D eigenvalue weighted by molar-refractivity contribution is 0.100. The summed E-state index contributed by atoms with van der Waals surface area (Å²) in [4.78, 5) is 12.0. The second-order valence-corrected chi connectivity index (χ2v) is 5.77. The number of aromatic nitrogens is 1. The molecule has 2 rings (SSSR count). The molecule has 0 aliphatic heterocycles. The van der Waals surface area contributed by atoms with Crippen LogP contribution in [0.15, 0.2) is 18.2 Å². The molecule has 0 saturated heterocycles. The smallest absolute Gasteiger partial charge is 0.176 e. The van der Waals surface area contributed by atoms with E-state index in [1.807, 2.05) is 19.1 Å². The molecule has 4 nitrogen and oxygen atoms in total. The summed E-state index contributed by atoms with van der Waals surface area (Å²) in [6.45, 7) is 9.78. The van der Waals surface area contributed by atoms with E-state index in [9.17, 15) is 4.79 Å². The number of benzene rings is 1. The molecule has 4 heteroatoms. The number of carbonyl (C=O) groups is 1. The van der Waals surface area contributed by atoms with E-state index in [2.05, 4.69) is 24.5 Å². The summed E-state index contributed by atoms with van der Waals surface area (Å²) >= 11 is 0. The summed E-state index contributed by atoms with van der Waals surface area (Å²) in [5.41, 5.74) is 3.04. The van der Waals surface area contributed by atoms with Gasteiger partial charge in [0.25, 0.3) is 0 Å². The number of ketones is 1. The third-order valence-corrected chi connectivity index (χ3v) is 3.81. The number of ether oxygens (including phenoxy) is 2. The van der Waals surface area contributed by atoms with Crippen LogP contribution in [0, 0.1) is 0 Å². The first-order valence-electron chi connectivity index (χ1n) is 7.79. The number of Topliss-reactive ketones (excluding diaryl/α,β-unsaturated/α-hetero) is 1. The Labute approximate surface area is 132 Å². The van der Waals surface area contributed by atoms with Gasteiger partial charge in [0.2, 0.25) is 0 Å². The van der Waals surface area contributed by atoms with Crippen LogP contribution < -0.4 is 4.74 Å². The lowest BCUT2D eigenvalue weighted by Crippen LogP contribution is -2.11. The van der Waals surface area contributed by atoms with Gasteiger partial charge < -0.3 is 14.0 Å². The van der Waals surface area contributed by atoms with Crippen molar-refractivity contribution < 1.29 is 14.3 Å². The van der Waals surface area contributed by atoms with Crippen molar-refractivity contribution in [2.75, 3.05) is 20.3 Å². The number of fused-ring (bicyclic) bond motifs is 1. The third kappa shape index (κ3) is 3.17. The topological polar surface area (TPSA) is 40.5 Å². The van der Waals surface area contributed by atoms with Crippen molar-refractivity contribution in [1.29, 1.82) is 0 Å². The Hall–Kier alpha value is -1.81. The number of hydrogen-bond donors (Lipinski definition) is 0. The minimum absolute atomic E-state index is 0.0694. The van der Waals surface area contributed by atoms with Gasteiger partial charge in [-0.3, -0.25) is 4.79 Å². The highest BCUT2D eigenvalue weighted by Crippen LogP contribution is 2.33. The van der Waals surface area contributed by atoms with E-state index in [1.54, 1.807) is 14.0 Å². The van der Waals surface area contributed by atoms with Gasteiger partial charge in [0.15, 0.2) is 5.78 Å². The van der Waals surface area contributed by atoms with E-state index >= 15 is 0 Å². The van der Waals surface area contributed by atoms with E-state index in [-0.39, 0.29) is 5.78 Å². The molecule has 0 amide bonds. The Morgan fingerprint density at radius 1 is 1.27 bits per heavy atom. The van der Waals surface area contributed by atoms with Crippen LogP contribution in [0.2, 0.25) is 0 Å². The van der Waals surface area contributed by atoms with Crippen LogP contribution >= 0.6 is 0 Å². The predicted octanol–water partition coefficient (Wildman–Crippen LogP) is 4.01. The molecule has 0 aliphatic carbocycles. The zero-order valence-electron chi connectivity index (χ0n) is 14.1. The summed E-state index contributed by atoms with van der Waals surface area (Å²) < 4.78 is 13.0. The second kappa shape index (κ2) is 6.97. The van der Waals surface area contributed by atoms with Crippen LogP contribution in [0.25, 0.3) is 10.9 Å². The first kappa shape index (κ1) is 16.6. The SMILES string of the molecule is CCOc1cc(C(C)C)c2c(c1)cc(C(C)=O)n2CCOC. The first-order chi connectivity index (χ1) is 10.5. The van der Waals surface area contributed by atoms with Gasteiger partial charge in [-0.05, 0) is 36.6 Å². The Morgan fingerprint density at radius 3 is 2.55 bits per heavy atom. The fraction of sp³-hybridized carbons (Fsp3) is 0.500. The molecule has 0 atom stereocenters. The Morgan fingerprint density at radius 2 is 2.00 bits per heavy atom. The highest BCUT2D eigenvalue weighted by molar-refractivity contribution is 6.00. The molecular formula is C18H25NO3. The second-order valence-electron chi connectivity index (χ2n) is 5.77. The van der Waals surface area contributed by atoms with Gasteiger partial charge in [-0.1, -0.05) is 13.8 Å². The quantitative estimate of drug-likeness (QED) is 0.726. The van der Waals surface area contributed by atoms with Crippen molar-refractivity contribution in [1.82, 2.24) is 4.57 Å². The molecule has 1 aromatic carbocycles. The standard InChI is InChI=1S/C18H25NO3/c1-6-22-15-9-14-10-17(13(4)20)19(7-8-21-5)18(14)16(11-15)12(2)3/h9-12H,6-8H2,1-5H3. The van der Waals surface area contributed by atoms with Crippen LogP contribution in [-0.4, -0.2) is 30.7 Å². The van der Waals surface area contributed by atoms with Crippen LogP contribution in [0.1, 0.15) is 49.7 Å². The molecule has 0 bridgehead atoms. The minimum Gasteiger partial charge on any atom is -0.494 e. The van der Waals surface area contributed by atoms with Gasteiger partial charge in [-0.2, -0.15) is 0 Å². The molecule has 2 aromatic rings. The maximum absolute atomic E-state index is 12.0. The number of rotatable bonds is 7. The first-order valence-corrected chi connectivity index (χ1v) is 7.79. The summed E-state index contributed by atoms with van der Waals surface area (Å²) in [5.74, 6) is 1.27. The molecule has 0 radical (unpaired) electrons. The van der Waals surface area contributed by atoms with Gasteiger partial charge in [-0.25, -0.2) is 0 Å². The molecule has 0 fully saturated rings. The molecule has 120 valence electrons. The largest absolute Gasteiger partial charge is 0.494 e. The predicted molar refractivity (Wildman–Crippen MR) is 89.1 cm³/mol. The molecule has 22 heavy (non-hydrogen) atoms. The minimum atomic E-state index is 0.0694. The molecule has 1 aromatic heterocycles. The maximum Gasteiger partial charge on any atom is 0.176 e. The van der Waals surface area contributed by atoms with Gasteiger partial charge in [0.05, 0.1) is 24.4 Å². The number of carbonyl (C=O) groups excluding carboxylic acids is 1. The van der Waals surface area contributed by atoms with Crippen LogP contribution in [0.5, 0.6) is 5.75 Å². The molecular weight excluding hydrogens is 278 g/mol. The van der Waals surface area contributed by atoms with E-state index < -0.39 is 0 Å². The van der Waals surface area contributed by atoms with Crippen molar-refractivity contribution in [3.63, 3.8) is 0 Å². The van der Waals surface area contributed by atoms with Crippen LogP contribution in [0.3, 0.4) is 0 Å². The van der Waals surface area contributed by atoms with E-state index in [0.29, 0.717) is 25.7 Å². The normalized spacial score (nSPS) is 11.4. The number of nitrogens with zero attached hydrogens (tertiary/aromatic N) is 1. The zero-order chi connectivity index (χ0) is 16.3. The molecule has 0 unspecified atom stereocenters. The molecule has 0 saturated carbocycles. The van der Waals surface area contributed by atoms with Crippen LogP contribution in [0.4, 0.5) is 0 Å². The maximum atomic E-state index is 12.0. The van der Waals surface area contributed by atoms with Crippen molar-refractivity contribution in [2.45, 2.75) is 40.2 Å². The fourth-order valence-corrected chi connectivity index (χ4v) is 2.82. The van der Waals surface area contributed by atoms with E-state index in [4.69, 9.17) is 9.47 Å².